The third-order valence-corrected chi connectivity index (χ3v) is 5.04. The van der Waals surface area contributed by atoms with Crippen LogP contribution in [0.4, 0.5) is 13.2 Å². The first-order valence-electron chi connectivity index (χ1n) is 7.46. The Morgan fingerprint density at radius 1 is 1.18 bits per heavy atom. The van der Waals surface area contributed by atoms with E-state index in [1.165, 1.54) is 12.1 Å². The van der Waals surface area contributed by atoms with Crippen molar-refractivity contribution in [2.24, 2.45) is 17.0 Å². The number of hydrogen-bond acceptors (Lipinski definition) is 2. The molecule has 0 bridgehead atoms. The Morgan fingerprint density at radius 2 is 1.91 bits per heavy atom. The molecule has 2 nitrogen and oxygen atoms in total. The van der Waals surface area contributed by atoms with Crippen molar-refractivity contribution in [3.63, 3.8) is 0 Å². The maximum Gasteiger partial charge on any atom is 0.416 e. The molecule has 6 heteroatoms. The highest BCUT2D eigenvalue weighted by atomic mass is 79.9. The molecule has 1 aliphatic heterocycles. The van der Waals surface area contributed by atoms with Gasteiger partial charge in [-0.15, -0.1) is 0 Å². The van der Waals surface area contributed by atoms with Gasteiger partial charge in [0.05, 0.1) is 5.56 Å². The summed E-state index contributed by atoms with van der Waals surface area (Å²) in [4.78, 5) is 5.42. The second-order valence-electron chi connectivity index (χ2n) is 6.15. The second-order valence-corrected chi connectivity index (χ2v) is 7.07. The number of rotatable bonds is 3. The third kappa shape index (κ3) is 3.65. The quantitative estimate of drug-likeness (QED) is 0.714. The largest absolute Gasteiger partial charge is 0.416 e. The molecule has 0 amide bonds. The maximum absolute atomic E-state index is 12.6. The zero-order valence-corrected chi connectivity index (χ0v) is 13.5. The van der Waals surface area contributed by atoms with Crippen molar-refractivity contribution in [2.75, 3.05) is 0 Å². The average molecular weight is 376 g/mol. The summed E-state index contributed by atoms with van der Waals surface area (Å²) in [6, 6.07) is 5.55. The van der Waals surface area contributed by atoms with Gasteiger partial charge in [0, 0.05) is 6.42 Å². The molecule has 3 atom stereocenters. The molecule has 3 rings (SSSR count). The third-order valence-electron chi connectivity index (χ3n) is 4.57. The van der Waals surface area contributed by atoms with Crippen LogP contribution in [0, 0.1) is 11.8 Å². The summed E-state index contributed by atoms with van der Waals surface area (Å²) in [5.41, 5.74) is 0.394. The van der Waals surface area contributed by atoms with Crippen LogP contribution in [0.15, 0.2) is 29.4 Å². The van der Waals surface area contributed by atoms with E-state index in [0.717, 1.165) is 42.3 Å². The minimum atomic E-state index is -4.26. The molecule has 1 heterocycles. The molecule has 0 aromatic heterocycles. The minimum absolute atomic E-state index is 0.159. The monoisotopic (exact) mass is 375 g/mol. The van der Waals surface area contributed by atoms with Crippen LogP contribution in [0.3, 0.4) is 0 Å². The molecule has 0 radical (unpaired) electrons. The highest BCUT2D eigenvalue weighted by Crippen LogP contribution is 2.39. The number of halogens is 4. The minimum Gasteiger partial charge on any atom is -0.391 e. The summed E-state index contributed by atoms with van der Waals surface area (Å²) in [5.74, 6) is 1.02. The zero-order valence-electron chi connectivity index (χ0n) is 11.9. The van der Waals surface area contributed by atoms with Gasteiger partial charge in [-0.2, -0.15) is 13.2 Å². The zero-order chi connectivity index (χ0) is 15.7. The standard InChI is InChI=1S/C16H17BrF3NO/c17-15-9-14(22-21-15)12-4-1-11(8-12)7-10-2-5-13(6-3-10)16(18,19)20/h2-3,5-6,11-12,14H,1,4,7-9H2/t11?,12-,14?/m0/s1. The van der Waals surface area contributed by atoms with Gasteiger partial charge in [-0.1, -0.05) is 17.3 Å². The van der Waals surface area contributed by atoms with Gasteiger partial charge >= 0.3 is 6.18 Å². The van der Waals surface area contributed by atoms with E-state index in [1.54, 1.807) is 12.1 Å². The Morgan fingerprint density at radius 3 is 2.50 bits per heavy atom. The van der Waals surface area contributed by atoms with E-state index >= 15 is 0 Å². The van der Waals surface area contributed by atoms with Crippen molar-refractivity contribution < 1.29 is 18.0 Å². The molecule has 2 unspecified atom stereocenters. The Bertz CT molecular complexity index is 556. The second kappa shape index (κ2) is 6.22. The van der Waals surface area contributed by atoms with Crippen LogP contribution in [0.5, 0.6) is 0 Å². The van der Waals surface area contributed by atoms with Crippen LogP contribution < -0.4 is 0 Å². The van der Waals surface area contributed by atoms with E-state index in [9.17, 15) is 13.2 Å². The molecule has 22 heavy (non-hydrogen) atoms. The molecule has 1 aromatic carbocycles. The summed E-state index contributed by atoms with van der Waals surface area (Å²) >= 11 is 3.35. The van der Waals surface area contributed by atoms with E-state index in [4.69, 9.17) is 4.84 Å². The molecule has 2 aliphatic rings. The van der Waals surface area contributed by atoms with E-state index in [-0.39, 0.29) is 6.10 Å². The Labute approximate surface area is 135 Å². The summed E-state index contributed by atoms with van der Waals surface area (Å²) in [7, 11) is 0. The van der Waals surface area contributed by atoms with Crippen molar-refractivity contribution in [3.8, 4) is 0 Å². The number of hydrogen-bond donors (Lipinski definition) is 0. The number of nitrogens with zero attached hydrogens (tertiary/aromatic N) is 1. The van der Waals surface area contributed by atoms with Crippen LogP contribution in [0.1, 0.15) is 36.8 Å². The molecule has 0 spiro atoms. The topological polar surface area (TPSA) is 21.6 Å². The van der Waals surface area contributed by atoms with Gasteiger partial charge < -0.3 is 4.84 Å². The molecule has 1 aliphatic carbocycles. The Hall–Kier alpha value is -1.04. The molecule has 0 N–H and O–H groups in total. The maximum atomic E-state index is 12.6. The van der Waals surface area contributed by atoms with Crippen LogP contribution >= 0.6 is 15.9 Å². The van der Waals surface area contributed by atoms with Crippen molar-refractivity contribution >= 4 is 20.6 Å². The van der Waals surface area contributed by atoms with Crippen molar-refractivity contribution in [3.05, 3.63) is 35.4 Å². The first kappa shape index (κ1) is 15.8. The Kier molecular flexibility index (Phi) is 4.48. The highest BCUT2D eigenvalue weighted by molar-refractivity contribution is 9.18. The molecular formula is C16H17BrF3NO. The number of benzene rings is 1. The normalized spacial score (nSPS) is 28.5. The lowest BCUT2D eigenvalue weighted by atomic mass is 9.93. The SMILES string of the molecule is FC(F)(F)c1ccc(CC2CC[C@H](C3CC(Br)=NO3)C2)cc1. The highest BCUT2D eigenvalue weighted by Gasteiger charge is 2.35. The van der Waals surface area contributed by atoms with Crippen molar-refractivity contribution in [1.82, 2.24) is 0 Å². The first-order valence-corrected chi connectivity index (χ1v) is 8.25. The summed E-state index contributed by atoms with van der Waals surface area (Å²) in [6.07, 6.45) is 0.828. The van der Waals surface area contributed by atoms with Crippen molar-refractivity contribution in [1.29, 1.82) is 0 Å². The predicted molar refractivity (Wildman–Crippen MR) is 81.8 cm³/mol. The molecule has 1 saturated carbocycles. The molecule has 0 saturated heterocycles. The summed E-state index contributed by atoms with van der Waals surface area (Å²) in [6.45, 7) is 0. The van der Waals surface area contributed by atoms with Crippen LogP contribution in [0.2, 0.25) is 0 Å². The summed E-state index contributed by atoms with van der Waals surface area (Å²) in [5, 5.41) is 3.93. The average Bonchev–Trinajstić information content (AvgIpc) is 3.07. The van der Waals surface area contributed by atoms with Gasteiger partial charge in [-0.3, -0.25) is 0 Å². The van der Waals surface area contributed by atoms with E-state index in [1.807, 2.05) is 0 Å². The summed E-state index contributed by atoms with van der Waals surface area (Å²) < 4.78 is 38.5. The van der Waals surface area contributed by atoms with Gasteiger partial charge in [-0.25, -0.2) is 0 Å². The smallest absolute Gasteiger partial charge is 0.391 e. The van der Waals surface area contributed by atoms with Crippen LogP contribution in [0.25, 0.3) is 0 Å². The fourth-order valence-corrected chi connectivity index (χ4v) is 3.82. The Balaban J connectivity index is 1.54. The lowest BCUT2D eigenvalue weighted by molar-refractivity contribution is -0.137. The molecule has 1 fully saturated rings. The molecular weight excluding hydrogens is 359 g/mol. The van der Waals surface area contributed by atoms with Crippen molar-refractivity contribution in [2.45, 2.75) is 44.4 Å². The van der Waals surface area contributed by atoms with Crippen LogP contribution in [-0.4, -0.2) is 10.7 Å². The lowest BCUT2D eigenvalue weighted by Crippen LogP contribution is -2.18. The first-order chi connectivity index (χ1) is 10.4. The number of alkyl halides is 3. The predicted octanol–water partition coefficient (Wildman–Crippen LogP) is 5.16. The van der Waals surface area contributed by atoms with Gasteiger partial charge in [0.1, 0.15) is 10.7 Å². The fourth-order valence-electron chi connectivity index (χ4n) is 3.42. The fraction of sp³-hybridized carbons (Fsp3) is 0.562. The van der Waals surface area contributed by atoms with E-state index < -0.39 is 11.7 Å². The van der Waals surface area contributed by atoms with Gasteiger partial charge in [-0.05, 0) is 71.1 Å². The van der Waals surface area contributed by atoms with E-state index in [2.05, 4.69) is 21.1 Å². The lowest BCUT2D eigenvalue weighted by Gasteiger charge is -2.16. The van der Waals surface area contributed by atoms with Crippen LogP contribution in [-0.2, 0) is 17.4 Å². The molecule has 120 valence electrons. The number of oxime groups is 1. The van der Waals surface area contributed by atoms with E-state index in [0.29, 0.717) is 11.8 Å². The van der Waals surface area contributed by atoms with Gasteiger partial charge in [0.2, 0.25) is 0 Å². The van der Waals surface area contributed by atoms with Gasteiger partial charge in [0.25, 0.3) is 0 Å². The molecule has 1 aromatic rings. The van der Waals surface area contributed by atoms with Gasteiger partial charge in [0.15, 0.2) is 0 Å².